The number of aryl methyl sites for hydroxylation is 1. The van der Waals surface area contributed by atoms with Crippen LogP contribution in [0.25, 0.3) is 11.5 Å². The van der Waals surface area contributed by atoms with E-state index < -0.39 is 0 Å². The lowest BCUT2D eigenvalue weighted by molar-refractivity contribution is -0.132. The van der Waals surface area contributed by atoms with Gasteiger partial charge in [-0.3, -0.25) is 9.59 Å². The highest BCUT2D eigenvalue weighted by atomic mass is 16.4. The number of piperazine rings is 1. The summed E-state index contributed by atoms with van der Waals surface area (Å²) in [5, 5.41) is 0. The van der Waals surface area contributed by atoms with Gasteiger partial charge in [-0.25, -0.2) is 4.98 Å². The quantitative estimate of drug-likeness (QED) is 0.696. The normalized spacial score (nSPS) is 14.3. The van der Waals surface area contributed by atoms with Gasteiger partial charge in [0.05, 0.1) is 23.9 Å². The average Bonchev–Trinajstić information content (AvgIpc) is 3.39. The summed E-state index contributed by atoms with van der Waals surface area (Å²) in [5.41, 5.74) is 2.07. The monoisotopic (exact) mass is 379 g/mol. The van der Waals surface area contributed by atoms with Crippen molar-refractivity contribution in [2.45, 2.75) is 13.3 Å². The molecular weight excluding hydrogens is 358 g/mol. The van der Waals surface area contributed by atoms with Crippen molar-refractivity contribution in [1.29, 1.82) is 0 Å². The van der Waals surface area contributed by atoms with Crippen molar-refractivity contribution in [2.75, 3.05) is 26.2 Å². The molecule has 3 aromatic rings. The Kier molecular flexibility index (Phi) is 4.97. The maximum Gasteiger partial charge on any atom is 0.257 e. The van der Waals surface area contributed by atoms with Gasteiger partial charge in [-0.1, -0.05) is 18.2 Å². The maximum absolute atomic E-state index is 12.7. The molecule has 1 saturated heterocycles. The first kappa shape index (κ1) is 18.0. The Balaban J connectivity index is 1.36. The van der Waals surface area contributed by atoms with Crippen LogP contribution in [0, 0.1) is 6.92 Å². The number of amides is 2. The van der Waals surface area contributed by atoms with E-state index in [4.69, 9.17) is 8.83 Å². The van der Waals surface area contributed by atoms with E-state index >= 15 is 0 Å². The number of carbonyl (C=O) groups excluding carboxylic acids is 2. The number of rotatable bonds is 4. The fraction of sp³-hybridized carbons (Fsp3) is 0.286. The molecule has 0 saturated carbocycles. The zero-order valence-electron chi connectivity index (χ0n) is 15.6. The molecule has 4 rings (SSSR count). The number of oxazole rings is 1. The Hall–Kier alpha value is -3.35. The van der Waals surface area contributed by atoms with Crippen molar-refractivity contribution in [1.82, 2.24) is 14.8 Å². The molecule has 3 heterocycles. The SMILES string of the molecule is Cc1oc(-c2ccccc2)nc1CC(=O)N1CCN(C(=O)c2ccoc2)CC1. The van der Waals surface area contributed by atoms with Crippen molar-refractivity contribution in [3.8, 4) is 11.5 Å². The second-order valence-electron chi connectivity index (χ2n) is 6.75. The van der Waals surface area contributed by atoms with Crippen LogP contribution in [0.4, 0.5) is 0 Å². The van der Waals surface area contributed by atoms with Crippen LogP contribution >= 0.6 is 0 Å². The molecule has 1 aromatic carbocycles. The van der Waals surface area contributed by atoms with Gasteiger partial charge in [0.25, 0.3) is 5.91 Å². The molecule has 0 bridgehead atoms. The van der Waals surface area contributed by atoms with Crippen LogP contribution in [0.5, 0.6) is 0 Å². The zero-order chi connectivity index (χ0) is 19.5. The summed E-state index contributed by atoms with van der Waals surface area (Å²) in [6.45, 7) is 3.84. The lowest BCUT2D eigenvalue weighted by Gasteiger charge is -2.34. The van der Waals surface area contributed by atoms with E-state index in [9.17, 15) is 9.59 Å². The molecule has 0 aliphatic carbocycles. The van der Waals surface area contributed by atoms with Crippen LogP contribution < -0.4 is 0 Å². The third-order valence-electron chi connectivity index (χ3n) is 4.92. The van der Waals surface area contributed by atoms with E-state index in [1.54, 1.807) is 15.9 Å². The lowest BCUT2D eigenvalue weighted by Crippen LogP contribution is -2.51. The molecule has 144 valence electrons. The Morgan fingerprint density at radius 2 is 1.75 bits per heavy atom. The number of hydrogen-bond acceptors (Lipinski definition) is 5. The highest BCUT2D eigenvalue weighted by Gasteiger charge is 2.26. The fourth-order valence-electron chi connectivity index (χ4n) is 3.28. The Labute approximate surface area is 162 Å². The van der Waals surface area contributed by atoms with E-state index in [1.807, 2.05) is 37.3 Å². The molecule has 2 amide bonds. The number of carbonyl (C=O) groups is 2. The number of nitrogens with zero attached hydrogens (tertiary/aromatic N) is 3. The second kappa shape index (κ2) is 7.72. The van der Waals surface area contributed by atoms with Crippen molar-refractivity contribution in [2.24, 2.45) is 0 Å². The van der Waals surface area contributed by atoms with Gasteiger partial charge in [-0.05, 0) is 25.1 Å². The second-order valence-corrected chi connectivity index (χ2v) is 6.75. The Morgan fingerprint density at radius 1 is 1.04 bits per heavy atom. The first-order valence-electron chi connectivity index (χ1n) is 9.23. The molecule has 1 fully saturated rings. The molecular formula is C21H21N3O4. The van der Waals surface area contributed by atoms with Gasteiger partial charge in [-0.2, -0.15) is 0 Å². The molecule has 0 radical (unpaired) electrons. The van der Waals surface area contributed by atoms with Gasteiger partial charge >= 0.3 is 0 Å². The smallest absolute Gasteiger partial charge is 0.257 e. The topological polar surface area (TPSA) is 79.8 Å². The fourth-order valence-corrected chi connectivity index (χ4v) is 3.28. The predicted molar refractivity (Wildman–Crippen MR) is 102 cm³/mol. The molecule has 1 aliphatic rings. The van der Waals surface area contributed by atoms with Crippen LogP contribution in [0.1, 0.15) is 21.8 Å². The van der Waals surface area contributed by atoms with E-state index in [2.05, 4.69) is 4.98 Å². The molecule has 28 heavy (non-hydrogen) atoms. The summed E-state index contributed by atoms with van der Waals surface area (Å²) >= 11 is 0. The van der Waals surface area contributed by atoms with Crippen LogP contribution in [-0.2, 0) is 11.2 Å². The molecule has 0 unspecified atom stereocenters. The minimum Gasteiger partial charge on any atom is -0.472 e. The largest absolute Gasteiger partial charge is 0.472 e. The van der Waals surface area contributed by atoms with Crippen molar-refractivity contribution >= 4 is 11.8 Å². The molecule has 0 N–H and O–H groups in total. The summed E-state index contributed by atoms with van der Waals surface area (Å²) in [6.07, 6.45) is 3.12. The average molecular weight is 379 g/mol. The van der Waals surface area contributed by atoms with Crippen LogP contribution in [0.2, 0.25) is 0 Å². The minimum absolute atomic E-state index is 0.00794. The molecule has 7 nitrogen and oxygen atoms in total. The van der Waals surface area contributed by atoms with Gasteiger partial charge in [0.15, 0.2) is 0 Å². The first-order chi connectivity index (χ1) is 13.6. The number of aromatic nitrogens is 1. The highest BCUT2D eigenvalue weighted by molar-refractivity contribution is 5.94. The Bertz CT molecular complexity index is 955. The molecule has 2 aromatic heterocycles. The highest BCUT2D eigenvalue weighted by Crippen LogP contribution is 2.22. The molecule has 0 spiro atoms. The van der Waals surface area contributed by atoms with Crippen LogP contribution in [0.3, 0.4) is 0 Å². The summed E-state index contributed by atoms with van der Waals surface area (Å²) < 4.78 is 10.7. The van der Waals surface area contributed by atoms with Gasteiger partial charge in [0.1, 0.15) is 12.0 Å². The lowest BCUT2D eigenvalue weighted by atomic mass is 10.2. The summed E-state index contributed by atoms with van der Waals surface area (Å²) in [5.74, 6) is 1.10. The standard InChI is InChI=1S/C21H21N3O4/c1-15-18(22-20(28-15)16-5-3-2-4-6-16)13-19(25)23-8-10-24(11-9-23)21(26)17-7-12-27-14-17/h2-7,12,14H,8-11,13H2,1H3. The first-order valence-corrected chi connectivity index (χ1v) is 9.23. The summed E-state index contributed by atoms with van der Waals surface area (Å²) in [7, 11) is 0. The van der Waals surface area contributed by atoms with E-state index in [-0.39, 0.29) is 18.2 Å². The molecule has 1 aliphatic heterocycles. The summed E-state index contributed by atoms with van der Waals surface area (Å²) in [6, 6.07) is 11.3. The summed E-state index contributed by atoms with van der Waals surface area (Å²) in [4.78, 5) is 33.1. The van der Waals surface area contributed by atoms with Crippen LogP contribution in [0.15, 0.2) is 57.8 Å². The van der Waals surface area contributed by atoms with E-state index in [1.165, 1.54) is 12.5 Å². The third-order valence-corrected chi connectivity index (χ3v) is 4.92. The van der Waals surface area contributed by atoms with Crippen molar-refractivity contribution < 1.29 is 18.4 Å². The van der Waals surface area contributed by atoms with Crippen LogP contribution in [-0.4, -0.2) is 52.8 Å². The predicted octanol–water partition coefficient (Wildman–Crippen LogP) is 2.77. The number of hydrogen-bond donors (Lipinski definition) is 0. The minimum atomic E-state index is -0.0688. The third kappa shape index (κ3) is 3.69. The van der Waals surface area contributed by atoms with Gasteiger partial charge in [-0.15, -0.1) is 0 Å². The Morgan fingerprint density at radius 3 is 2.43 bits per heavy atom. The van der Waals surface area contributed by atoms with E-state index in [0.717, 1.165) is 5.56 Å². The molecule has 0 atom stereocenters. The van der Waals surface area contributed by atoms with Gasteiger partial charge in [0, 0.05) is 31.7 Å². The van der Waals surface area contributed by atoms with Gasteiger partial charge < -0.3 is 18.6 Å². The number of benzene rings is 1. The van der Waals surface area contributed by atoms with Gasteiger partial charge in [0.2, 0.25) is 11.8 Å². The van der Waals surface area contributed by atoms with Crippen molar-refractivity contribution in [3.05, 3.63) is 65.9 Å². The van der Waals surface area contributed by atoms with Crippen molar-refractivity contribution in [3.63, 3.8) is 0 Å². The molecule has 7 heteroatoms. The van der Waals surface area contributed by atoms with E-state index in [0.29, 0.717) is 49.1 Å². The zero-order valence-corrected chi connectivity index (χ0v) is 15.6. The number of furan rings is 1. The maximum atomic E-state index is 12.7.